The van der Waals surface area contributed by atoms with Crippen molar-refractivity contribution in [3.05, 3.63) is 126 Å². The molecule has 0 unspecified atom stereocenters. The fourth-order valence-corrected chi connectivity index (χ4v) is 8.78. The van der Waals surface area contributed by atoms with Gasteiger partial charge in [-0.05, 0) is 0 Å². The third-order valence-corrected chi connectivity index (χ3v) is 11.4. The fourth-order valence-electron chi connectivity index (χ4n) is 6.20. The summed E-state index contributed by atoms with van der Waals surface area (Å²) < 4.78 is 11.9. The van der Waals surface area contributed by atoms with E-state index >= 15 is 0 Å². The van der Waals surface area contributed by atoms with Gasteiger partial charge in [0.25, 0.3) is 0 Å². The van der Waals surface area contributed by atoms with Gasteiger partial charge in [-0.25, -0.2) is 0 Å². The Morgan fingerprint density at radius 1 is 0.560 bits per heavy atom. The Kier molecular flexibility index (Phi) is 13.8. The Hall–Kier alpha value is -3.34. The quantitative estimate of drug-likeness (QED) is 0.0830. The van der Waals surface area contributed by atoms with Crippen LogP contribution >= 0.6 is 0 Å². The van der Waals surface area contributed by atoms with E-state index in [1.165, 1.54) is 68.9 Å². The molecule has 4 aromatic heterocycles. The van der Waals surface area contributed by atoms with Crippen LogP contribution in [-0.2, 0) is 64.6 Å². The molecule has 6 rings (SSSR count). The fraction of sp³-hybridized carbons (Fsp3) is 0.400. The molecule has 0 spiro atoms. The Bertz CT molecular complexity index is 1920. The van der Waals surface area contributed by atoms with Gasteiger partial charge in [0.1, 0.15) is 0 Å². The van der Waals surface area contributed by atoms with Crippen LogP contribution in [0.3, 0.4) is 0 Å². The number of nitrogens with zero attached hydrogens (tertiary/aromatic N) is 8. The average molecular weight is 1030 g/mol. The van der Waals surface area contributed by atoms with Crippen molar-refractivity contribution in [2.45, 2.75) is 106 Å². The normalized spacial score (nSPS) is 11.2. The minimum absolute atomic E-state index is 1.02. The third-order valence-electron chi connectivity index (χ3n) is 9.20. The summed E-state index contributed by atoms with van der Waals surface area (Å²) in [5.41, 5.74) is 11.7. The van der Waals surface area contributed by atoms with Crippen LogP contribution in [0.5, 0.6) is 0 Å². The summed E-state index contributed by atoms with van der Waals surface area (Å²) in [5.74, 6) is 0. The molecule has 0 fully saturated rings. The van der Waals surface area contributed by atoms with Crippen molar-refractivity contribution in [2.75, 3.05) is 0 Å². The molecule has 0 aliphatic rings. The molecule has 0 amide bonds. The number of benzene rings is 2. The molecule has 0 bridgehead atoms. The number of hydrogen-bond donors (Lipinski definition) is 0. The first kappa shape index (κ1) is 37.9. The standard InChI is InChI=1S/2C20H24N4.2Pt/c2*1-16-14-19(22-21-16)10-6-5-9-13-23-15-24(18(3)17(23)2)20-11-7-4-8-12-20;;/h2*4,7-8,11,14H,5-6,9-10,13H2,1-3H3;;/q2*-2;;. The molecular formula is C40H48N8Pt2-4. The van der Waals surface area contributed by atoms with Crippen molar-refractivity contribution >= 4 is 0 Å². The van der Waals surface area contributed by atoms with E-state index in [0.29, 0.717) is 0 Å². The minimum atomic E-state index is 1.02. The number of aryl methyl sites for hydroxylation is 4. The van der Waals surface area contributed by atoms with Crippen LogP contribution in [-0.4, -0.2) is 28.5 Å². The summed E-state index contributed by atoms with van der Waals surface area (Å²) in [6.45, 7) is 14.9. The Morgan fingerprint density at radius 3 is 1.32 bits per heavy atom. The molecule has 0 radical (unpaired) electrons. The van der Waals surface area contributed by atoms with Crippen molar-refractivity contribution < 1.29 is 38.7 Å². The first-order valence-corrected chi connectivity index (χ1v) is 19.8. The van der Waals surface area contributed by atoms with Gasteiger partial charge in [-0.15, -0.1) is 0 Å². The maximum atomic E-state index is 4.19. The van der Waals surface area contributed by atoms with Crippen LogP contribution < -0.4 is 10.2 Å². The van der Waals surface area contributed by atoms with Crippen LogP contribution in [0.15, 0.2) is 60.7 Å². The predicted molar refractivity (Wildman–Crippen MR) is 190 cm³/mol. The number of aromatic nitrogens is 8. The average Bonchev–Trinajstić information content (AvgIpc) is 3.84. The monoisotopic (exact) mass is 1030 g/mol. The first-order valence-electron chi connectivity index (χ1n) is 17.5. The van der Waals surface area contributed by atoms with Crippen molar-refractivity contribution in [1.82, 2.24) is 38.7 Å². The molecule has 0 aliphatic carbocycles. The van der Waals surface area contributed by atoms with Crippen molar-refractivity contribution in [3.63, 3.8) is 0 Å². The topological polar surface area (TPSA) is 73.7 Å². The third kappa shape index (κ3) is 9.50. The zero-order chi connectivity index (χ0) is 35.6. The van der Waals surface area contributed by atoms with E-state index in [4.69, 9.17) is 0 Å². The van der Waals surface area contributed by atoms with Crippen LogP contribution in [0, 0.1) is 61.3 Å². The van der Waals surface area contributed by atoms with Gasteiger partial charge in [0.2, 0.25) is 0 Å². The zero-order valence-corrected chi connectivity index (χ0v) is 34.6. The van der Waals surface area contributed by atoms with Crippen molar-refractivity contribution in [3.8, 4) is 11.4 Å². The number of hydrogen-bond acceptors (Lipinski definition) is 2. The van der Waals surface area contributed by atoms with E-state index in [2.05, 4.69) is 154 Å². The molecule has 6 aromatic rings. The Morgan fingerprint density at radius 2 is 0.980 bits per heavy atom. The molecule has 0 saturated heterocycles. The van der Waals surface area contributed by atoms with Crippen LogP contribution in [0.2, 0.25) is 0 Å². The van der Waals surface area contributed by atoms with E-state index in [1.54, 1.807) is 0 Å². The second-order valence-electron chi connectivity index (χ2n) is 12.9. The zero-order valence-electron chi connectivity index (χ0n) is 30.1. The van der Waals surface area contributed by atoms with Gasteiger partial charge in [0, 0.05) is 0 Å². The number of unbranched alkanes of at least 4 members (excludes halogenated alkanes) is 4. The molecule has 0 saturated carbocycles. The van der Waals surface area contributed by atoms with E-state index in [1.807, 2.05) is 38.1 Å². The first-order chi connectivity index (χ1) is 24.2. The van der Waals surface area contributed by atoms with Gasteiger partial charge in [-0.2, -0.15) is 0 Å². The van der Waals surface area contributed by atoms with Crippen molar-refractivity contribution in [1.29, 1.82) is 0 Å². The van der Waals surface area contributed by atoms with Crippen LogP contribution in [0.25, 0.3) is 11.4 Å². The second-order valence-corrected chi connectivity index (χ2v) is 14.9. The van der Waals surface area contributed by atoms with Gasteiger partial charge in [0.15, 0.2) is 0 Å². The molecule has 272 valence electrons. The number of para-hydroxylation sites is 2. The molecule has 2 aromatic carbocycles. The number of imidazole rings is 2. The van der Waals surface area contributed by atoms with E-state index in [-0.39, 0.29) is 0 Å². The van der Waals surface area contributed by atoms with Gasteiger partial charge in [0.05, 0.1) is 0 Å². The Balaban J connectivity index is 0.000000194. The second kappa shape index (κ2) is 18.2. The summed E-state index contributed by atoms with van der Waals surface area (Å²) in [6, 6.07) is 27.2. The van der Waals surface area contributed by atoms with Crippen LogP contribution in [0.1, 0.15) is 84.1 Å². The van der Waals surface area contributed by atoms with Gasteiger partial charge in [-0.1, -0.05) is 0 Å². The number of rotatable bonds is 14. The summed E-state index contributed by atoms with van der Waals surface area (Å²) >= 11 is 4.87. The summed E-state index contributed by atoms with van der Waals surface area (Å²) in [7, 11) is 0. The summed E-state index contributed by atoms with van der Waals surface area (Å²) in [6.07, 6.45) is 9.16. The molecule has 0 N–H and O–H groups in total. The molecule has 0 aliphatic heterocycles. The van der Waals surface area contributed by atoms with Gasteiger partial charge in [-0.3, -0.25) is 0 Å². The molecular weight excluding hydrogens is 983 g/mol. The predicted octanol–water partition coefficient (Wildman–Crippen LogP) is 7.70. The van der Waals surface area contributed by atoms with Gasteiger partial charge >= 0.3 is 321 Å². The van der Waals surface area contributed by atoms with Crippen LogP contribution in [0.4, 0.5) is 0 Å². The maximum absolute atomic E-state index is 4.19. The SMILES string of the molecule is Cc1cc(CCCCCn2c(C)c(C)n(-c3[c-]cccc3)[c]2=[Pt])n[n-]1.Cc1cc(CCCCCn2c(C)c(C)n(-c3[c-]cccc3)[c]2=[Pt])n[n-]1. The Labute approximate surface area is 318 Å². The van der Waals surface area contributed by atoms with E-state index < -0.39 is 0 Å². The molecule has 4 heterocycles. The molecule has 10 heteroatoms. The molecule has 8 nitrogen and oxygen atoms in total. The molecule has 50 heavy (non-hydrogen) atoms. The molecule has 0 atom stereocenters. The van der Waals surface area contributed by atoms with E-state index in [9.17, 15) is 0 Å². The van der Waals surface area contributed by atoms with E-state index in [0.717, 1.165) is 60.1 Å². The summed E-state index contributed by atoms with van der Waals surface area (Å²) in [4.78, 5) is 0. The summed E-state index contributed by atoms with van der Waals surface area (Å²) in [5, 5.41) is 16.5. The van der Waals surface area contributed by atoms with Gasteiger partial charge < -0.3 is 0 Å². The van der Waals surface area contributed by atoms with Crippen molar-refractivity contribution in [2.24, 2.45) is 0 Å².